The van der Waals surface area contributed by atoms with Crippen molar-refractivity contribution in [2.45, 2.75) is 31.8 Å². The molecule has 0 amide bonds. The zero-order valence-corrected chi connectivity index (χ0v) is 18.4. The number of benzene rings is 2. The van der Waals surface area contributed by atoms with E-state index in [1.165, 1.54) is 0 Å². The van der Waals surface area contributed by atoms with E-state index in [9.17, 15) is 9.59 Å². The molecule has 8 heteroatoms. The highest BCUT2D eigenvalue weighted by atomic mass is 16.8. The van der Waals surface area contributed by atoms with Crippen molar-refractivity contribution in [3.63, 3.8) is 0 Å². The number of carbonyl (C=O) groups is 2. The summed E-state index contributed by atoms with van der Waals surface area (Å²) in [7, 11) is 0. The molecule has 0 radical (unpaired) electrons. The molecule has 0 N–H and O–H groups in total. The van der Waals surface area contributed by atoms with Gasteiger partial charge >= 0.3 is 17.7 Å². The Morgan fingerprint density at radius 3 is 1.48 bits per heavy atom. The Balaban J connectivity index is 1.31. The molecule has 0 unspecified atom stereocenters. The SMILES string of the molecule is O=C(OCCCOCc1ccccc1)C1(C(=O)OCCCOCc2ccccc2)OC=CO1. The Morgan fingerprint density at radius 2 is 1.06 bits per heavy atom. The highest BCUT2D eigenvalue weighted by Crippen LogP contribution is 2.24. The minimum absolute atomic E-state index is 0.0443. The second-order valence-electron chi connectivity index (χ2n) is 7.18. The highest BCUT2D eigenvalue weighted by Gasteiger charge is 2.56. The summed E-state index contributed by atoms with van der Waals surface area (Å²) in [5, 5.41) is 0. The molecule has 1 aliphatic heterocycles. The second-order valence-corrected chi connectivity index (χ2v) is 7.18. The maximum Gasteiger partial charge on any atom is 0.452 e. The minimum atomic E-state index is -2.27. The summed E-state index contributed by atoms with van der Waals surface area (Å²) in [5.41, 5.74) is 2.11. The average molecular weight is 456 g/mol. The van der Waals surface area contributed by atoms with Crippen molar-refractivity contribution in [1.29, 1.82) is 0 Å². The van der Waals surface area contributed by atoms with E-state index in [2.05, 4.69) is 0 Å². The average Bonchev–Trinajstić information content (AvgIpc) is 3.36. The fraction of sp³-hybridized carbons (Fsp3) is 0.360. The van der Waals surface area contributed by atoms with E-state index >= 15 is 0 Å². The normalized spacial score (nSPS) is 13.7. The molecule has 0 saturated heterocycles. The largest absolute Gasteiger partial charge is 0.459 e. The Bertz CT molecular complexity index is 808. The van der Waals surface area contributed by atoms with Crippen molar-refractivity contribution < 1.29 is 38.0 Å². The van der Waals surface area contributed by atoms with Crippen molar-refractivity contribution in [2.24, 2.45) is 0 Å². The van der Waals surface area contributed by atoms with Crippen LogP contribution in [0.15, 0.2) is 73.2 Å². The molecule has 1 heterocycles. The molecule has 0 saturated carbocycles. The molecule has 33 heavy (non-hydrogen) atoms. The Hall–Kier alpha value is -3.36. The van der Waals surface area contributed by atoms with E-state index in [4.69, 9.17) is 28.4 Å². The summed E-state index contributed by atoms with van der Waals surface area (Å²) in [6.45, 7) is 1.81. The van der Waals surface area contributed by atoms with Crippen LogP contribution in [0, 0.1) is 0 Å². The number of hydrogen-bond acceptors (Lipinski definition) is 8. The second kappa shape index (κ2) is 13.2. The van der Waals surface area contributed by atoms with E-state index in [0.717, 1.165) is 23.7 Å². The lowest BCUT2D eigenvalue weighted by molar-refractivity contribution is -0.217. The smallest absolute Gasteiger partial charge is 0.452 e. The molecule has 0 aliphatic carbocycles. The van der Waals surface area contributed by atoms with Gasteiger partial charge in [0, 0.05) is 12.8 Å². The quantitative estimate of drug-likeness (QED) is 0.242. The maximum atomic E-state index is 12.5. The standard InChI is InChI=1S/C25H28O8/c26-23(30-15-7-13-28-19-21-9-3-1-4-10-21)25(32-17-18-33-25)24(27)31-16-8-14-29-20-22-11-5-2-6-12-22/h1-6,9-12,17-18H,7-8,13-16,19-20H2. The van der Waals surface area contributed by atoms with Gasteiger partial charge in [-0.3, -0.25) is 0 Å². The molecule has 0 fully saturated rings. The predicted molar refractivity (Wildman–Crippen MR) is 117 cm³/mol. The van der Waals surface area contributed by atoms with Crippen molar-refractivity contribution in [3.8, 4) is 0 Å². The molecule has 3 rings (SSSR count). The van der Waals surface area contributed by atoms with E-state index in [1.54, 1.807) is 0 Å². The lowest BCUT2D eigenvalue weighted by Gasteiger charge is -2.23. The monoisotopic (exact) mass is 456 g/mol. The molecule has 0 aromatic heterocycles. The summed E-state index contributed by atoms with van der Waals surface area (Å²) in [6, 6.07) is 19.5. The predicted octanol–water partition coefficient (Wildman–Crippen LogP) is 3.50. The lowest BCUT2D eigenvalue weighted by atomic mass is 10.2. The first kappa shape index (κ1) is 24.3. The van der Waals surface area contributed by atoms with Gasteiger partial charge in [-0.25, -0.2) is 9.59 Å². The van der Waals surface area contributed by atoms with Crippen molar-refractivity contribution in [1.82, 2.24) is 0 Å². The number of esters is 2. The minimum Gasteiger partial charge on any atom is -0.459 e. The van der Waals surface area contributed by atoms with Gasteiger partial charge in [0.2, 0.25) is 0 Å². The third kappa shape index (κ3) is 7.62. The van der Waals surface area contributed by atoms with Crippen molar-refractivity contribution in [2.75, 3.05) is 26.4 Å². The molecule has 2 aromatic carbocycles. The Kier molecular flexibility index (Phi) is 9.75. The first-order valence-corrected chi connectivity index (χ1v) is 10.8. The van der Waals surface area contributed by atoms with Gasteiger partial charge in [-0.05, 0) is 11.1 Å². The maximum absolute atomic E-state index is 12.5. The van der Waals surface area contributed by atoms with Crippen LogP contribution < -0.4 is 0 Å². The topological polar surface area (TPSA) is 89.5 Å². The summed E-state index contributed by atoms with van der Waals surface area (Å²) in [6.07, 6.45) is 3.12. The van der Waals surface area contributed by atoms with Crippen LogP contribution in [-0.2, 0) is 51.2 Å². The molecule has 1 aliphatic rings. The van der Waals surface area contributed by atoms with Crippen LogP contribution in [0.3, 0.4) is 0 Å². The van der Waals surface area contributed by atoms with Crippen LogP contribution in [0.4, 0.5) is 0 Å². The van der Waals surface area contributed by atoms with Gasteiger partial charge in [0.25, 0.3) is 0 Å². The van der Waals surface area contributed by atoms with Gasteiger partial charge in [-0.1, -0.05) is 60.7 Å². The van der Waals surface area contributed by atoms with E-state index < -0.39 is 17.7 Å². The van der Waals surface area contributed by atoms with E-state index in [1.807, 2.05) is 60.7 Å². The number of hydrogen-bond donors (Lipinski definition) is 0. The first-order valence-electron chi connectivity index (χ1n) is 10.8. The first-order chi connectivity index (χ1) is 16.2. The van der Waals surface area contributed by atoms with Gasteiger partial charge in [-0.15, -0.1) is 0 Å². The lowest BCUT2D eigenvalue weighted by Crippen LogP contribution is -2.50. The summed E-state index contributed by atoms with van der Waals surface area (Å²) >= 11 is 0. The Labute approximate surface area is 193 Å². The van der Waals surface area contributed by atoms with Crippen molar-refractivity contribution >= 4 is 11.9 Å². The molecular formula is C25H28O8. The summed E-state index contributed by atoms with van der Waals surface area (Å²) in [4.78, 5) is 25.0. The molecule has 2 aromatic rings. The molecule has 176 valence electrons. The van der Waals surface area contributed by atoms with Gasteiger partial charge in [0.05, 0.1) is 39.6 Å². The summed E-state index contributed by atoms with van der Waals surface area (Å²) in [5.74, 6) is -4.21. The third-order valence-corrected chi connectivity index (χ3v) is 4.62. The highest BCUT2D eigenvalue weighted by molar-refractivity contribution is 6.02. The molecule has 8 nitrogen and oxygen atoms in total. The van der Waals surface area contributed by atoms with Crippen molar-refractivity contribution in [3.05, 3.63) is 84.3 Å². The number of ether oxygens (including phenoxy) is 6. The van der Waals surface area contributed by atoms with Gasteiger partial charge in [0.15, 0.2) is 0 Å². The fourth-order valence-electron chi connectivity index (χ4n) is 2.92. The van der Waals surface area contributed by atoms with E-state index in [-0.39, 0.29) is 13.2 Å². The summed E-state index contributed by atoms with van der Waals surface area (Å²) < 4.78 is 31.7. The Morgan fingerprint density at radius 1 is 0.636 bits per heavy atom. The molecule has 0 bridgehead atoms. The number of rotatable bonds is 14. The van der Waals surface area contributed by atoms with Crippen LogP contribution in [0.1, 0.15) is 24.0 Å². The van der Waals surface area contributed by atoms with E-state index in [0.29, 0.717) is 39.3 Å². The fourth-order valence-corrected chi connectivity index (χ4v) is 2.92. The zero-order chi connectivity index (χ0) is 23.2. The van der Waals surface area contributed by atoms with Crippen LogP contribution in [0.5, 0.6) is 0 Å². The van der Waals surface area contributed by atoms with Crippen LogP contribution in [-0.4, -0.2) is 44.2 Å². The molecular weight excluding hydrogens is 428 g/mol. The molecule has 0 spiro atoms. The third-order valence-electron chi connectivity index (χ3n) is 4.62. The zero-order valence-electron chi connectivity index (χ0n) is 18.4. The van der Waals surface area contributed by atoms with Crippen LogP contribution >= 0.6 is 0 Å². The van der Waals surface area contributed by atoms with Crippen LogP contribution in [0.25, 0.3) is 0 Å². The van der Waals surface area contributed by atoms with Gasteiger partial charge in [-0.2, -0.15) is 0 Å². The molecule has 0 atom stereocenters. The van der Waals surface area contributed by atoms with Crippen LogP contribution in [0.2, 0.25) is 0 Å². The van der Waals surface area contributed by atoms with Gasteiger partial charge in [0.1, 0.15) is 12.5 Å². The van der Waals surface area contributed by atoms with Gasteiger partial charge < -0.3 is 28.4 Å². The number of carbonyl (C=O) groups excluding carboxylic acids is 2.